The van der Waals surface area contributed by atoms with Gasteiger partial charge in [0.25, 0.3) is 0 Å². The van der Waals surface area contributed by atoms with Crippen molar-refractivity contribution in [2.45, 2.75) is 55.4 Å². The molecule has 0 saturated heterocycles. The van der Waals surface area contributed by atoms with E-state index in [1.165, 1.54) is 20.9 Å². The van der Waals surface area contributed by atoms with Gasteiger partial charge in [0.15, 0.2) is 0 Å². The molecule has 0 unspecified atom stereocenters. The third-order valence-electron chi connectivity index (χ3n) is 2.09. The van der Waals surface area contributed by atoms with Gasteiger partial charge in [-0.05, 0) is 39.8 Å². The van der Waals surface area contributed by atoms with Crippen LogP contribution in [0.15, 0.2) is 36.4 Å². The van der Waals surface area contributed by atoms with Crippen LogP contribution in [-0.4, -0.2) is 0 Å². The van der Waals surface area contributed by atoms with Crippen LogP contribution >= 0.6 is 11.3 Å². The fourth-order valence-electron chi connectivity index (χ4n) is 1.19. The van der Waals surface area contributed by atoms with Crippen molar-refractivity contribution in [1.82, 2.24) is 0 Å². The molecule has 2 rings (SSSR count). The predicted octanol–water partition coefficient (Wildman–Crippen LogP) is 6.72. The molecular weight excluding hydrogens is 248 g/mol. The third kappa shape index (κ3) is 11.7. The number of hydrogen-bond donors (Lipinski definition) is 0. The van der Waals surface area contributed by atoms with Crippen LogP contribution in [0.3, 0.4) is 0 Å². The molecule has 0 aliphatic rings. The summed E-state index contributed by atoms with van der Waals surface area (Å²) in [4.78, 5) is 2.80. The second-order valence-electron chi connectivity index (χ2n) is 3.81. The molecule has 0 amide bonds. The van der Waals surface area contributed by atoms with Gasteiger partial charge in [-0.15, -0.1) is 11.3 Å². The van der Waals surface area contributed by atoms with Crippen molar-refractivity contribution in [3.63, 3.8) is 0 Å². The molecule has 0 spiro atoms. The van der Waals surface area contributed by atoms with Crippen molar-refractivity contribution in [3.05, 3.63) is 57.3 Å². The second kappa shape index (κ2) is 13.4. The lowest BCUT2D eigenvalue weighted by Crippen LogP contribution is -1.70. The molecule has 0 fully saturated rings. The van der Waals surface area contributed by atoms with Gasteiger partial charge in [-0.3, -0.25) is 0 Å². The van der Waals surface area contributed by atoms with E-state index in [1.807, 2.05) is 39.0 Å². The monoisotopic (exact) mass is 278 g/mol. The molecule has 1 aromatic heterocycles. The van der Waals surface area contributed by atoms with Gasteiger partial charge in [-0.1, -0.05) is 63.1 Å². The molecule has 0 atom stereocenters. The lowest BCUT2D eigenvalue weighted by atomic mass is 10.2. The zero-order chi connectivity index (χ0) is 15.3. The minimum atomic E-state index is 1.33. The molecule has 0 bridgehead atoms. The normalized spacial score (nSPS) is 8.00. The van der Waals surface area contributed by atoms with Gasteiger partial charge in [-0.25, -0.2) is 0 Å². The van der Waals surface area contributed by atoms with Crippen molar-refractivity contribution in [2.24, 2.45) is 0 Å². The van der Waals surface area contributed by atoms with E-state index in [1.54, 1.807) is 0 Å². The van der Waals surface area contributed by atoms with Crippen LogP contribution in [0.25, 0.3) is 0 Å². The Kier molecular flexibility index (Phi) is 14.2. The Balaban J connectivity index is 0. The number of benzene rings is 1. The van der Waals surface area contributed by atoms with Crippen LogP contribution < -0.4 is 0 Å². The first-order valence-electron chi connectivity index (χ1n) is 7.14. The number of aryl methyl sites for hydroxylation is 4. The molecule has 2 aromatic rings. The first-order chi connectivity index (χ1) is 9.08. The van der Waals surface area contributed by atoms with Crippen LogP contribution in [0.4, 0.5) is 0 Å². The van der Waals surface area contributed by atoms with Gasteiger partial charge in [0.05, 0.1) is 0 Å². The first-order valence-corrected chi connectivity index (χ1v) is 7.96. The van der Waals surface area contributed by atoms with Gasteiger partial charge in [-0.2, -0.15) is 0 Å². The molecule has 1 aromatic carbocycles. The summed E-state index contributed by atoms with van der Waals surface area (Å²) < 4.78 is 0. The zero-order valence-electron chi connectivity index (χ0n) is 13.9. The first kappa shape index (κ1) is 20.2. The summed E-state index contributed by atoms with van der Waals surface area (Å²) in [6.45, 7) is 16.4. The maximum absolute atomic E-state index is 2.14. The van der Waals surface area contributed by atoms with E-state index >= 15 is 0 Å². The van der Waals surface area contributed by atoms with Gasteiger partial charge in [0.2, 0.25) is 0 Å². The van der Waals surface area contributed by atoms with Gasteiger partial charge >= 0.3 is 0 Å². The summed E-state index contributed by atoms with van der Waals surface area (Å²) in [5.41, 5.74) is 2.66. The largest absolute Gasteiger partial charge is 0.146 e. The third-order valence-corrected chi connectivity index (χ3v) is 3.01. The molecule has 108 valence electrons. The molecule has 0 radical (unpaired) electrons. The highest BCUT2D eigenvalue weighted by molar-refractivity contribution is 7.11. The average molecular weight is 279 g/mol. The maximum atomic E-state index is 2.14. The van der Waals surface area contributed by atoms with Crippen molar-refractivity contribution >= 4 is 11.3 Å². The summed E-state index contributed by atoms with van der Waals surface area (Å²) in [7, 11) is 0. The highest BCUT2D eigenvalue weighted by Crippen LogP contribution is 2.12. The molecule has 19 heavy (non-hydrogen) atoms. The summed E-state index contributed by atoms with van der Waals surface area (Å²) in [5, 5.41) is 0. The summed E-state index contributed by atoms with van der Waals surface area (Å²) in [6.07, 6.45) is 0. The average Bonchev–Trinajstić information content (AvgIpc) is 2.82. The Bertz CT molecular complexity index is 358. The molecule has 0 N–H and O–H groups in total. The molecule has 1 heteroatoms. The van der Waals surface area contributed by atoms with Gasteiger partial charge in [0.1, 0.15) is 0 Å². The van der Waals surface area contributed by atoms with Crippen molar-refractivity contribution in [3.8, 4) is 0 Å². The fraction of sp³-hybridized carbons (Fsp3) is 0.444. The zero-order valence-corrected chi connectivity index (χ0v) is 14.7. The molecule has 0 nitrogen and oxygen atoms in total. The van der Waals surface area contributed by atoms with E-state index in [9.17, 15) is 0 Å². The summed E-state index contributed by atoms with van der Waals surface area (Å²) >= 11 is 1.84. The minimum Gasteiger partial charge on any atom is -0.146 e. The number of rotatable bonds is 0. The van der Waals surface area contributed by atoms with E-state index in [-0.39, 0.29) is 0 Å². The van der Waals surface area contributed by atoms with E-state index in [0.717, 1.165) is 0 Å². The highest BCUT2D eigenvalue weighted by Gasteiger charge is 1.84. The topological polar surface area (TPSA) is 0 Å². The Hall–Kier alpha value is -1.08. The van der Waals surface area contributed by atoms with Crippen LogP contribution in [0, 0.1) is 27.7 Å². The van der Waals surface area contributed by atoms with Crippen LogP contribution in [-0.2, 0) is 0 Å². The number of hydrogen-bond acceptors (Lipinski definition) is 1. The Morgan fingerprint density at radius 1 is 0.526 bits per heavy atom. The van der Waals surface area contributed by atoms with E-state index in [4.69, 9.17) is 0 Å². The lowest BCUT2D eigenvalue weighted by Gasteiger charge is -1.90. The Morgan fingerprint density at radius 3 is 0.947 bits per heavy atom. The lowest BCUT2D eigenvalue weighted by molar-refractivity contribution is 1.40. The maximum Gasteiger partial charge on any atom is 0.00170 e. The quantitative estimate of drug-likeness (QED) is 0.501. The summed E-state index contributed by atoms with van der Waals surface area (Å²) in [6, 6.07) is 12.8. The molecule has 0 aliphatic carbocycles. The SMILES string of the molecule is CC.CC.Cc1ccc(C)cc1.Cc1ccc(C)s1. The highest BCUT2D eigenvalue weighted by atomic mass is 32.1. The molecule has 0 saturated carbocycles. The Morgan fingerprint density at radius 2 is 0.789 bits per heavy atom. The van der Waals surface area contributed by atoms with Crippen LogP contribution in [0.5, 0.6) is 0 Å². The molecule has 1 heterocycles. The molecular formula is C18H30S. The van der Waals surface area contributed by atoms with Crippen LogP contribution in [0.1, 0.15) is 48.6 Å². The van der Waals surface area contributed by atoms with Crippen molar-refractivity contribution in [2.75, 3.05) is 0 Å². The summed E-state index contributed by atoms with van der Waals surface area (Å²) in [5.74, 6) is 0. The minimum absolute atomic E-state index is 1.33. The predicted molar refractivity (Wildman–Crippen MR) is 92.4 cm³/mol. The van der Waals surface area contributed by atoms with E-state index in [0.29, 0.717) is 0 Å². The van der Waals surface area contributed by atoms with Gasteiger partial charge < -0.3 is 0 Å². The van der Waals surface area contributed by atoms with Crippen molar-refractivity contribution < 1.29 is 0 Å². The fourth-order valence-corrected chi connectivity index (χ4v) is 1.97. The van der Waals surface area contributed by atoms with Gasteiger partial charge in [0, 0.05) is 9.75 Å². The smallest absolute Gasteiger partial charge is 0.00170 e. The van der Waals surface area contributed by atoms with Crippen LogP contribution in [0.2, 0.25) is 0 Å². The standard InChI is InChI=1S/C8H10.C6H8S.2C2H6/c1-7-3-5-8(2)6-4-7;1-5-3-4-6(2)7-5;2*1-2/h3-6H,1-2H3;3-4H,1-2H3;2*1-2H3. The second-order valence-corrected chi connectivity index (χ2v) is 5.30. The van der Waals surface area contributed by atoms with Crippen molar-refractivity contribution in [1.29, 1.82) is 0 Å². The molecule has 0 aliphatic heterocycles. The Labute approximate surface area is 124 Å². The number of thiophene rings is 1. The van der Waals surface area contributed by atoms with E-state index < -0.39 is 0 Å². The van der Waals surface area contributed by atoms with E-state index in [2.05, 4.69) is 64.1 Å².